The molecule has 0 unspecified atom stereocenters. The van der Waals surface area contributed by atoms with Crippen LogP contribution >= 0.6 is 0 Å². The van der Waals surface area contributed by atoms with Gasteiger partial charge >= 0.3 is 0 Å². The molecule has 4 heteroatoms. The van der Waals surface area contributed by atoms with Gasteiger partial charge < -0.3 is 10.4 Å². The van der Waals surface area contributed by atoms with Crippen molar-refractivity contribution in [1.29, 1.82) is 0 Å². The van der Waals surface area contributed by atoms with E-state index >= 15 is 0 Å². The van der Waals surface area contributed by atoms with Gasteiger partial charge in [-0.1, -0.05) is 25.1 Å². The molecule has 1 aromatic heterocycles. The molecule has 108 valence electrons. The van der Waals surface area contributed by atoms with Crippen molar-refractivity contribution in [2.75, 3.05) is 38.1 Å². The predicted octanol–water partition coefficient (Wildman–Crippen LogP) is 2.27. The Labute approximate surface area is 120 Å². The fourth-order valence-electron chi connectivity index (χ4n) is 2.37. The third-order valence-electron chi connectivity index (χ3n) is 3.45. The summed E-state index contributed by atoms with van der Waals surface area (Å²) in [6, 6.07) is 10.3. The van der Waals surface area contributed by atoms with E-state index in [1.807, 2.05) is 25.1 Å². The van der Waals surface area contributed by atoms with E-state index in [0.717, 1.165) is 48.5 Å². The molecular formula is C16H23N3O. The van der Waals surface area contributed by atoms with Crippen molar-refractivity contribution in [3.8, 4) is 0 Å². The number of aromatic nitrogens is 1. The van der Waals surface area contributed by atoms with Crippen molar-refractivity contribution < 1.29 is 5.11 Å². The minimum Gasteiger partial charge on any atom is -0.395 e. The first-order chi connectivity index (χ1) is 9.74. The largest absolute Gasteiger partial charge is 0.395 e. The zero-order valence-electron chi connectivity index (χ0n) is 12.3. The first kappa shape index (κ1) is 14.8. The molecule has 1 aromatic carbocycles. The molecule has 20 heavy (non-hydrogen) atoms. The molecule has 0 amide bonds. The Morgan fingerprint density at radius 3 is 2.80 bits per heavy atom. The van der Waals surface area contributed by atoms with Gasteiger partial charge in [0.05, 0.1) is 12.1 Å². The van der Waals surface area contributed by atoms with Crippen LogP contribution in [0.4, 0.5) is 5.69 Å². The predicted molar refractivity (Wildman–Crippen MR) is 84.2 cm³/mol. The van der Waals surface area contributed by atoms with Crippen molar-refractivity contribution in [2.45, 2.75) is 13.8 Å². The van der Waals surface area contributed by atoms with Gasteiger partial charge in [-0.05, 0) is 25.6 Å². The van der Waals surface area contributed by atoms with Crippen molar-refractivity contribution in [3.63, 3.8) is 0 Å². The van der Waals surface area contributed by atoms with Gasteiger partial charge in [0.2, 0.25) is 0 Å². The molecule has 0 aliphatic heterocycles. The second kappa shape index (κ2) is 7.22. The Balaban J connectivity index is 2.06. The Kier molecular flexibility index (Phi) is 5.32. The van der Waals surface area contributed by atoms with Crippen LogP contribution in [0.1, 0.15) is 12.6 Å². The molecule has 0 bridgehead atoms. The highest BCUT2D eigenvalue weighted by molar-refractivity contribution is 5.91. The second-order valence-electron chi connectivity index (χ2n) is 4.91. The molecule has 0 fully saturated rings. The second-order valence-corrected chi connectivity index (χ2v) is 4.91. The average Bonchev–Trinajstić information content (AvgIpc) is 2.46. The lowest BCUT2D eigenvalue weighted by Gasteiger charge is -2.20. The number of anilines is 1. The van der Waals surface area contributed by atoms with Gasteiger partial charge in [0.1, 0.15) is 0 Å². The molecular weight excluding hydrogens is 250 g/mol. The minimum absolute atomic E-state index is 0.213. The monoisotopic (exact) mass is 273 g/mol. The summed E-state index contributed by atoms with van der Waals surface area (Å²) < 4.78 is 0. The van der Waals surface area contributed by atoms with Gasteiger partial charge in [-0.25, -0.2) is 0 Å². The minimum atomic E-state index is 0.213. The van der Waals surface area contributed by atoms with Crippen molar-refractivity contribution in [3.05, 3.63) is 36.0 Å². The molecule has 0 aliphatic rings. The van der Waals surface area contributed by atoms with Crippen LogP contribution < -0.4 is 5.32 Å². The zero-order chi connectivity index (χ0) is 14.4. The standard InChI is InChI=1S/C16H23N3O/c1-3-19(10-11-20)9-8-17-16-12-13(2)18-15-7-5-4-6-14(15)16/h4-7,12,20H,3,8-11H2,1-2H3,(H,17,18). The Morgan fingerprint density at radius 2 is 2.05 bits per heavy atom. The number of para-hydroxylation sites is 1. The van der Waals surface area contributed by atoms with E-state index in [1.54, 1.807) is 0 Å². The smallest absolute Gasteiger partial charge is 0.0725 e. The van der Waals surface area contributed by atoms with Gasteiger partial charge in [0.15, 0.2) is 0 Å². The van der Waals surface area contributed by atoms with Crippen LogP contribution in [-0.4, -0.2) is 47.8 Å². The number of likely N-dealkylation sites (N-methyl/N-ethyl adjacent to an activating group) is 1. The van der Waals surface area contributed by atoms with Gasteiger partial charge in [0, 0.05) is 36.4 Å². The molecule has 2 N–H and O–H groups in total. The Bertz CT molecular complexity index is 556. The van der Waals surface area contributed by atoms with E-state index in [2.05, 4.69) is 34.3 Å². The molecule has 1 heterocycles. The molecule has 0 saturated carbocycles. The van der Waals surface area contributed by atoms with Gasteiger partial charge in [-0.3, -0.25) is 9.88 Å². The lowest BCUT2D eigenvalue weighted by atomic mass is 10.1. The molecule has 0 aliphatic carbocycles. The van der Waals surface area contributed by atoms with Crippen LogP contribution in [0.5, 0.6) is 0 Å². The summed E-state index contributed by atoms with van der Waals surface area (Å²) in [6.07, 6.45) is 0. The van der Waals surface area contributed by atoms with E-state index < -0.39 is 0 Å². The normalized spacial score (nSPS) is 11.2. The van der Waals surface area contributed by atoms with E-state index in [4.69, 9.17) is 5.11 Å². The maximum Gasteiger partial charge on any atom is 0.0725 e. The molecule has 2 rings (SSSR count). The third-order valence-corrected chi connectivity index (χ3v) is 3.45. The van der Waals surface area contributed by atoms with Crippen LogP contribution in [0.2, 0.25) is 0 Å². The summed E-state index contributed by atoms with van der Waals surface area (Å²) in [5, 5.41) is 13.6. The number of aryl methyl sites for hydroxylation is 1. The van der Waals surface area contributed by atoms with Crippen molar-refractivity contribution in [1.82, 2.24) is 9.88 Å². The number of hydrogen-bond acceptors (Lipinski definition) is 4. The summed E-state index contributed by atoms with van der Waals surface area (Å²) in [4.78, 5) is 6.77. The molecule has 0 atom stereocenters. The fraction of sp³-hybridized carbons (Fsp3) is 0.438. The van der Waals surface area contributed by atoms with Crippen LogP contribution in [0.25, 0.3) is 10.9 Å². The summed E-state index contributed by atoms with van der Waals surface area (Å²) in [7, 11) is 0. The number of nitrogens with one attached hydrogen (secondary N) is 1. The maximum atomic E-state index is 8.99. The van der Waals surface area contributed by atoms with Crippen molar-refractivity contribution >= 4 is 16.6 Å². The van der Waals surface area contributed by atoms with E-state index in [-0.39, 0.29) is 6.61 Å². The fourth-order valence-corrected chi connectivity index (χ4v) is 2.37. The highest BCUT2D eigenvalue weighted by atomic mass is 16.3. The quantitative estimate of drug-likeness (QED) is 0.812. The average molecular weight is 273 g/mol. The first-order valence-corrected chi connectivity index (χ1v) is 7.18. The SMILES string of the molecule is CCN(CCO)CCNc1cc(C)nc2ccccc12. The van der Waals surface area contributed by atoms with Crippen molar-refractivity contribution in [2.24, 2.45) is 0 Å². The Morgan fingerprint density at radius 1 is 1.25 bits per heavy atom. The van der Waals surface area contributed by atoms with Gasteiger partial charge in [0.25, 0.3) is 0 Å². The van der Waals surface area contributed by atoms with Gasteiger partial charge in [-0.15, -0.1) is 0 Å². The number of nitrogens with zero attached hydrogens (tertiary/aromatic N) is 2. The van der Waals surface area contributed by atoms with Crippen LogP contribution in [-0.2, 0) is 0 Å². The van der Waals surface area contributed by atoms with Crippen LogP contribution in [0.15, 0.2) is 30.3 Å². The number of aliphatic hydroxyl groups excluding tert-OH is 1. The van der Waals surface area contributed by atoms with E-state index in [1.165, 1.54) is 0 Å². The molecule has 4 nitrogen and oxygen atoms in total. The zero-order valence-corrected chi connectivity index (χ0v) is 12.3. The number of benzene rings is 1. The molecule has 0 spiro atoms. The third kappa shape index (κ3) is 3.68. The number of pyridine rings is 1. The summed E-state index contributed by atoms with van der Waals surface area (Å²) in [5.41, 5.74) is 3.18. The molecule has 2 aromatic rings. The molecule has 0 radical (unpaired) electrons. The lowest BCUT2D eigenvalue weighted by molar-refractivity contribution is 0.206. The molecule has 0 saturated heterocycles. The first-order valence-electron chi connectivity index (χ1n) is 7.18. The number of hydrogen-bond donors (Lipinski definition) is 2. The number of aliphatic hydroxyl groups is 1. The Hall–Kier alpha value is -1.65. The topological polar surface area (TPSA) is 48.4 Å². The number of rotatable bonds is 7. The summed E-state index contributed by atoms with van der Waals surface area (Å²) in [6.45, 7) is 7.81. The van der Waals surface area contributed by atoms with E-state index in [9.17, 15) is 0 Å². The van der Waals surface area contributed by atoms with Crippen LogP contribution in [0, 0.1) is 6.92 Å². The van der Waals surface area contributed by atoms with E-state index in [0.29, 0.717) is 0 Å². The maximum absolute atomic E-state index is 8.99. The number of fused-ring (bicyclic) bond motifs is 1. The highest BCUT2D eigenvalue weighted by Gasteiger charge is 2.04. The summed E-state index contributed by atoms with van der Waals surface area (Å²) >= 11 is 0. The highest BCUT2D eigenvalue weighted by Crippen LogP contribution is 2.22. The van der Waals surface area contributed by atoms with Gasteiger partial charge in [-0.2, -0.15) is 0 Å². The van der Waals surface area contributed by atoms with Crippen LogP contribution in [0.3, 0.4) is 0 Å². The lowest BCUT2D eigenvalue weighted by Crippen LogP contribution is -2.31. The summed E-state index contributed by atoms with van der Waals surface area (Å²) in [5.74, 6) is 0.